The highest BCUT2D eigenvalue weighted by molar-refractivity contribution is 5.87. The Morgan fingerprint density at radius 2 is 1.31 bits per heavy atom. The fraction of sp³-hybridized carbons (Fsp3) is 0.353. The lowest BCUT2D eigenvalue weighted by atomic mass is 9.98. The molecule has 11 nitrogen and oxygen atoms in total. The number of ether oxygens (including phenoxy) is 3. The molecule has 4 rings (SSSR count). The second kappa shape index (κ2) is 16.2. The molecular formula is C34H38O11. The zero-order valence-corrected chi connectivity index (χ0v) is 24.5. The van der Waals surface area contributed by atoms with E-state index in [4.69, 9.17) is 14.2 Å². The molecule has 45 heavy (non-hydrogen) atoms. The lowest BCUT2D eigenvalue weighted by Crippen LogP contribution is -2.60. The number of carbonyl (C=O) groups is 2. The summed E-state index contributed by atoms with van der Waals surface area (Å²) in [5, 5.41) is 60.2. The van der Waals surface area contributed by atoms with Crippen molar-refractivity contribution < 1.29 is 54.4 Å². The van der Waals surface area contributed by atoms with Crippen LogP contribution >= 0.6 is 0 Å². The van der Waals surface area contributed by atoms with E-state index in [1.165, 1.54) is 18.2 Å². The molecule has 6 unspecified atom stereocenters. The summed E-state index contributed by atoms with van der Waals surface area (Å²) < 4.78 is 17.0. The van der Waals surface area contributed by atoms with Crippen LogP contribution < -0.4 is 0 Å². The Bertz CT molecular complexity index is 1400. The number of aryl methyl sites for hydroxylation is 2. The van der Waals surface area contributed by atoms with Crippen LogP contribution in [-0.4, -0.2) is 85.8 Å². The van der Waals surface area contributed by atoms with Gasteiger partial charge in [0.2, 0.25) is 0 Å². The van der Waals surface area contributed by atoms with Crippen molar-refractivity contribution in [2.75, 3.05) is 6.61 Å². The molecule has 0 aliphatic carbocycles. The van der Waals surface area contributed by atoms with Gasteiger partial charge in [0, 0.05) is 18.9 Å². The topological polar surface area (TPSA) is 183 Å². The maximum atomic E-state index is 13.0. The van der Waals surface area contributed by atoms with Crippen molar-refractivity contribution in [2.24, 2.45) is 0 Å². The summed E-state index contributed by atoms with van der Waals surface area (Å²) in [6.07, 6.45) is -4.26. The van der Waals surface area contributed by atoms with Gasteiger partial charge in [0.1, 0.15) is 54.1 Å². The smallest absolute Gasteiger partial charge is 0.330 e. The number of phenolic OH excluding ortho intramolecular Hbond substituents is 3. The lowest BCUT2D eigenvalue weighted by molar-refractivity contribution is -0.311. The number of carbonyl (C=O) groups excluding carboxylic acids is 2. The minimum Gasteiger partial charge on any atom is -0.508 e. The molecule has 6 atom stereocenters. The van der Waals surface area contributed by atoms with Crippen LogP contribution in [0.15, 0.2) is 78.9 Å². The average Bonchev–Trinajstić information content (AvgIpc) is 3.03. The summed E-state index contributed by atoms with van der Waals surface area (Å²) >= 11 is 0. The molecule has 6 N–H and O–H groups in total. The van der Waals surface area contributed by atoms with Gasteiger partial charge in [-0.25, -0.2) is 4.79 Å². The highest BCUT2D eigenvalue weighted by Crippen LogP contribution is 2.26. The van der Waals surface area contributed by atoms with Crippen molar-refractivity contribution in [1.29, 1.82) is 0 Å². The number of phenols is 3. The predicted octanol–water partition coefficient (Wildman–Crippen LogP) is 2.78. The second-order valence-corrected chi connectivity index (χ2v) is 10.9. The number of aromatic hydroxyl groups is 3. The van der Waals surface area contributed by atoms with Gasteiger partial charge in [0.05, 0.1) is 6.10 Å². The molecule has 3 aromatic carbocycles. The Kier molecular flexibility index (Phi) is 12.1. The summed E-state index contributed by atoms with van der Waals surface area (Å²) in [5.74, 6) is -0.537. The van der Waals surface area contributed by atoms with Crippen LogP contribution in [0, 0.1) is 0 Å². The van der Waals surface area contributed by atoms with Gasteiger partial charge in [-0.15, -0.1) is 0 Å². The van der Waals surface area contributed by atoms with Gasteiger partial charge in [0.15, 0.2) is 6.29 Å². The van der Waals surface area contributed by atoms with E-state index in [1.54, 1.807) is 60.7 Å². The van der Waals surface area contributed by atoms with Crippen molar-refractivity contribution in [3.05, 3.63) is 95.6 Å². The standard InChI is InChI=1S/C34H38O11/c35-24-10-1-21(2-11-24)7-16-27(38)19-28(17-8-22-3-12-25(36)13-4-22)44-34-33(42)32(41)31(40)29(45-34)20-43-30(39)18-9-23-5-14-26(37)15-6-23/h1-6,9-15,18,28-29,31-37,40-42H,7-8,16-17,19-20H2. The van der Waals surface area contributed by atoms with E-state index in [-0.39, 0.29) is 35.9 Å². The van der Waals surface area contributed by atoms with Gasteiger partial charge in [-0.05, 0) is 78.4 Å². The molecule has 1 heterocycles. The fourth-order valence-electron chi connectivity index (χ4n) is 4.83. The normalized spacial score (nSPS) is 22.2. The Morgan fingerprint density at radius 3 is 1.91 bits per heavy atom. The van der Waals surface area contributed by atoms with Crippen LogP contribution in [-0.2, 0) is 36.6 Å². The second-order valence-electron chi connectivity index (χ2n) is 10.9. The third kappa shape index (κ3) is 10.4. The maximum absolute atomic E-state index is 13.0. The number of aliphatic hydroxyl groups excluding tert-OH is 3. The Balaban J connectivity index is 1.38. The monoisotopic (exact) mass is 622 g/mol. The minimum atomic E-state index is -1.68. The van der Waals surface area contributed by atoms with Crippen molar-refractivity contribution in [3.63, 3.8) is 0 Å². The number of benzene rings is 3. The summed E-state index contributed by atoms with van der Waals surface area (Å²) in [7, 11) is 0. The van der Waals surface area contributed by atoms with E-state index in [0.29, 0.717) is 24.8 Å². The van der Waals surface area contributed by atoms with Gasteiger partial charge in [-0.2, -0.15) is 0 Å². The molecule has 0 radical (unpaired) electrons. The summed E-state index contributed by atoms with van der Waals surface area (Å²) in [6, 6.07) is 19.3. The van der Waals surface area contributed by atoms with Crippen LogP contribution in [0.4, 0.5) is 0 Å². The van der Waals surface area contributed by atoms with Crippen molar-refractivity contribution in [1.82, 2.24) is 0 Å². The minimum absolute atomic E-state index is 0.0247. The number of esters is 1. The van der Waals surface area contributed by atoms with Crippen LogP contribution in [0.2, 0.25) is 0 Å². The van der Waals surface area contributed by atoms with Gasteiger partial charge >= 0.3 is 5.97 Å². The van der Waals surface area contributed by atoms with E-state index in [1.807, 2.05) is 0 Å². The number of hydrogen-bond acceptors (Lipinski definition) is 11. The number of hydrogen-bond donors (Lipinski definition) is 6. The molecule has 240 valence electrons. The van der Waals surface area contributed by atoms with Gasteiger partial charge in [0.25, 0.3) is 0 Å². The third-order valence-electron chi connectivity index (χ3n) is 7.47. The molecular weight excluding hydrogens is 584 g/mol. The molecule has 0 saturated carbocycles. The van der Waals surface area contributed by atoms with Gasteiger partial charge in [-0.1, -0.05) is 36.4 Å². The van der Waals surface area contributed by atoms with E-state index in [0.717, 1.165) is 17.2 Å². The largest absolute Gasteiger partial charge is 0.508 e. The van der Waals surface area contributed by atoms with Crippen molar-refractivity contribution >= 4 is 17.8 Å². The highest BCUT2D eigenvalue weighted by Gasteiger charge is 2.45. The van der Waals surface area contributed by atoms with Crippen LogP contribution in [0.25, 0.3) is 6.08 Å². The highest BCUT2D eigenvalue weighted by atomic mass is 16.7. The molecule has 0 aromatic heterocycles. The molecule has 0 amide bonds. The van der Waals surface area contributed by atoms with Crippen LogP contribution in [0.3, 0.4) is 0 Å². The maximum Gasteiger partial charge on any atom is 0.330 e. The van der Waals surface area contributed by atoms with E-state index in [9.17, 15) is 40.2 Å². The van der Waals surface area contributed by atoms with Gasteiger partial charge < -0.3 is 44.8 Å². The molecule has 11 heteroatoms. The zero-order chi connectivity index (χ0) is 32.3. The molecule has 1 fully saturated rings. The molecule has 0 bridgehead atoms. The molecule has 0 spiro atoms. The van der Waals surface area contributed by atoms with Crippen molar-refractivity contribution in [2.45, 2.75) is 68.9 Å². The van der Waals surface area contributed by atoms with Crippen LogP contribution in [0.1, 0.15) is 36.0 Å². The van der Waals surface area contributed by atoms with E-state index < -0.39 is 49.4 Å². The summed E-state index contributed by atoms with van der Waals surface area (Å²) in [6.45, 7) is -0.451. The Hall–Kier alpha value is -4.26. The van der Waals surface area contributed by atoms with Crippen LogP contribution in [0.5, 0.6) is 17.2 Å². The first kappa shape index (κ1) is 33.6. The summed E-state index contributed by atoms with van der Waals surface area (Å²) in [5.41, 5.74) is 2.39. The first-order valence-electron chi connectivity index (χ1n) is 14.6. The quantitative estimate of drug-likeness (QED) is 0.115. The number of ketones is 1. The first-order chi connectivity index (χ1) is 21.6. The number of Topliss-reactive ketones (excluding diaryl/α,β-unsaturated/α-hetero) is 1. The lowest BCUT2D eigenvalue weighted by Gasteiger charge is -2.41. The number of aliphatic hydroxyl groups is 3. The Labute approximate surface area is 260 Å². The average molecular weight is 623 g/mol. The molecule has 1 saturated heterocycles. The first-order valence-corrected chi connectivity index (χ1v) is 14.6. The predicted molar refractivity (Wildman–Crippen MR) is 162 cm³/mol. The molecule has 1 aliphatic heterocycles. The Morgan fingerprint density at radius 1 is 0.756 bits per heavy atom. The SMILES string of the molecule is O=C(CCc1ccc(O)cc1)CC(CCc1ccc(O)cc1)OC1OC(COC(=O)C=Cc2ccc(O)cc2)C(O)C(O)C1O. The van der Waals surface area contributed by atoms with E-state index >= 15 is 0 Å². The zero-order valence-electron chi connectivity index (χ0n) is 24.5. The van der Waals surface area contributed by atoms with Gasteiger partial charge in [-0.3, -0.25) is 4.79 Å². The summed E-state index contributed by atoms with van der Waals surface area (Å²) in [4.78, 5) is 25.3. The van der Waals surface area contributed by atoms with E-state index in [2.05, 4.69) is 0 Å². The molecule has 1 aliphatic rings. The number of rotatable bonds is 14. The fourth-order valence-corrected chi connectivity index (χ4v) is 4.83. The van der Waals surface area contributed by atoms with Crippen molar-refractivity contribution in [3.8, 4) is 17.2 Å². The molecule has 3 aromatic rings. The third-order valence-corrected chi connectivity index (χ3v) is 7.47.